The van der Waals surface area contributed by atoms with Crippen molar-refractivity contribution in [2.75, 3.05) is 18.6 Å². The number of hydrogen-bond donors (Lipinski definition) is 3. The van der Waals surface area contributed by atoms with E-state index in [1.54, 1.807) is 25.6 Å². The molecule has 2 atom stereocenters. The molecule has 0 unspecified atom stereocenters. The van der Waals surface area contributed by atoms with E-state index in [0.29, 0.717) is 11.6 Å². The van der Waals surface area contributed by atoms with Gasteiger partial charge in [0.05, 0.1) is 0 Å². The van der Waals surface area contributed by atoms with Crippen LogP contribution in [0.25, 0.3) is 0 Å². The van der Waals surface area contributed by atoms with Gasteiger partial charge in [0.1, 0.15) is 19.1 Å². The van der Waals surface area contributed by atoms with Gasteiger partial charge in [0.25, 0.3) is 0 Å². The largest absolute Gasteiger partial charge is 0.446 e. The van der Waals surface area contributed by atoms with Gasteiger partial charge >= 0.3 is 6.09 Å². The molecule has 9 heteroatoms. The van der Waals surface area contributed by atoms with Crippen molar-refractivity contribution in [2.45, 2.75) is 51.2 Å². The second kappa shape index (κ2) is 8.35. The van der Waals surface area contributed by atoms with Crippen molar-refractivity contribution in [2.24, 2.45) is 0 Å². The number of aromatic nitrogens is 3. The number of nitrogens with one attached hydrogen (secondary N) is 3. The fraction of sp³-hybridized carbons (Fsp3) is 0.526. The summed E-state index contributed by atoms with van der Waals surface area (Å²) in [5.41, 5.74) is 1.01. The molecule has 0 bridgehead atoms. The molecular weight excluding hydrogens is 377 g/mol. The molecule has 28 heavy (non-hydrogen) atoms. The highest BCUT2D eigenvalue weighted by Gasteiger charge is 2.30. The lowest BCUT2D eigenvalue weighted by molar-refractivity contribution is 0.0981. The Bertz CT molecular complexity index is 859. The van der Waals surface area contributed by atoms with E-state index in [2.05, 4.69) is 25.8 Å². The molecule has 1 aliphatic carbocycles. The third-order valence-electron chi connectivity index (χ3n) is 4.73. The molecule has 2 aromatic heterocycles. The van der Waals surface area contributed by atoms with E-state index >= 15 is 0 Å². The SMILES string of the molecule is CC(C)NC(=O)O[C@@H]1CC[C@H](c2cc(Nc3ccc(P(C)(C)=O)cn3)n[nH]2)C1. The van der Waals surface area contributed by atoms with Crippen LogP contribution in [0, 0.1) is 0 Å². The quantitative estimate of drug-likeness (QED) is 0.634. The van der Waals surface area contributed by atoms with E-state index in [0.717, 1.165) is 30.3 Å². The van der Waals surface area contributed by atoms with Gasteiger partial charge in [-0.3, -0.25) is 5.10 Å². The Morgan fingerprint density at radius 1 is 1.29 bits per heavy atom. The van der Waals surface area contributed by atoms with Crippen molar-refractivity contribution in [1.82, 2.24) is 20.5 Å². The molecule has 2 heterocycles. The predicted octanol–water partition coefficient (Wildman–Crippen LogP) is 3.57. The van der Waals surface area contributed by atoms with Gasteiger partial charge in [-0.2, -0.15) is 5.10 Å². The summed E-state index contributed by atoms with van der Waals surface area (Å²) in [7, 11) is -2.31. The normalized spacial score (nSPS) is 19.6. The van der Waals surface area contributed by atoms with Crippen LogP contribution in [0.2, 0.25) is 0 Å². The summed E-state index contributed by atoms with van der Waals surface area (Å²) in [6.07, 6.45) is 3.77. The third-order valence-corrected chi connectivity index (χ3v) is 6.24. The molecule has 152 valence electrons. The maximum absolute atomic E-state index is 12.1. The highest BCUT2D eigenvalue weighted by Crippen LogP contribution is 2.36. The van der Waals surface area contributed by atoms with Gasteiger partial charge in [-0.25, -0.2) is 9.78 Å². The second-order valence-corrected chi connectivity index (χ2v) is 11.1. The summed E-state index contributed by atoms with van der Waals surface area (Å²) >= 11 is 0. The number of carbonyl (C=O) groups excluding carboxylic acids is 1. The molecule has 0 saturated heterocycles. The number of nitrogens with zero attached hydrogens (tertiary/aromatic N) is 2. The molecule has 1 fully saturated rings. The Labute approximate surface area is 165 Å². The minimum absolute atomic E-state index is 0.0650. The van der Waals surface area contributed by atoms with E-state index in [4.69, 9.17) is 4.74 Å². The molecule has 1 amide bonds. The highest BCUT2D eigenvalue weighted by atomic mass is 31.2. The fourth-order valence-corrected chi connectivity index (χ4v) is 4.04. The number of amides is 1. The first-order valence-corrected chi connectivity index (χ1v) is 12.1. The van der Waals surface area contributed by atoms with E-state index < -0.39 is 7.14 Å². The zero-order valence-corrected chi connectivity index (χ0v) is 17.6. The number of alkyl carbamates (subject to hydrolysis) is 1. The highest BCUT2D eigenvalue weighted by molar-refractivity contribution is 7.70. The van der Waals surface area contributed by atoms with Crippen LogP contribution in [0.4, 0.5) is 16.4 Å². The average Bonchev–Trinajstić information content (AvgIpc) is 3.23. The number of ether oxygens (including phenoxy) is 1. The van der Waals surface area contributed by atoms with Gasteiger partial charge in [0.15, 0.2) is 5.82 Å². The first-order chi connectivity index (χ1) is 13.2. The molecule has 0 aliphatic heterocycles. The van der Waals surface area contributed by atoms with Crippen molar-refractivity contribution >= 4 is 30.2 Å². The summed E-state index contributed by atoms with van der Waals surface area (Å²) in [6.45, 7) is 7.26. The zero-order chi connectivity index (χ0) is 20.3. The summed E-state index contributed by atoms with van der Waals surface area (Å²) in [6, 6.07) is 5.65. The summed E-state index contributed by atoms with van der Waals surface area (Å²) < 4.78 is 17.6. The number of aromatic amines is 1. The zero-order valence-electron chi connectivity index (χ0n) is 16.7. The van der Waals surface area contributed by atoms with E-state index in [1.165, 1.54) is 0 Å². The fourth-order valence-electron chi connectivity index (χ4n) is 3.27. The standard InChI is InChI=1S/C19H28N5O3P/c1-12(2)21-19(25)27-14-6-5-13(9-14)16-10-18(24-23-16)22-17-8-7-15(11-20-17)28(3,4)26/h7-8,10-14H,5-6,9H2,1-4H3,(H,21,25)(H2,20,22,23,24)/t13-,14+/m0/s1. The number of H-pyrrole nitrogens is 1. The second-order valence-electron chi connectivity index (χ2n) is 7.92. The van der Waals surface area contributed by atoms with E-state index in [-0.39, 0.29) is 24.2 Å². The minimum Gasteiger partial charge on any atom is -0.446 e. The van der Waals surface area contributed by atoms with Gasteiger partial charge in [-0.05, 0) is 58.6 Å². The predicted molar refractivity (Wildman–Crippen MR) is 110 cm³/mol. The Kier molecular flexibility index (Phi) is 6.08. The van der Waals surface area contributed by atoms with Gasteiger partial charge in [0.2, 0.25) is 0 Å². The summed E-state index contributed by atoms with van der Waals surface area (Å²) in [5.74, 6) is 1.60. The molecule has 1 saturated carbocycles. The lowest BCUT2D eigenvalue weighted by Crippen LogP contribution is -2.33. The smallest absolute Gasteiger partial charge is 0.407 e. The Balaban J connectivity index is 1.56. The van der Waals surface area contributed by atoms with Crippen molar-refractivity contribution in [1.29, 1.82) is 0 Å². The van der Waals surface area contributed by atoms with Crippen molar-refractivity contribution < 1.29 is 14.1 Å². The topological polar surface area (TPSA) is 109 Å². The maximum Gasteiger partial charge on any atom is 0.407 e. The molecule has 3 N–H and O–H groups in total. The van der Waals surface area contributed by atoms with Crippen molar-refractivity contribution in [3.8, 4) is 0 Å². The van der Waals surface area contributed by atoms with Gasteiger partial charge < -0.3 is 19.9 Å². The molecule has 1 aliphatic rings. The number of rotatable bonds is 6. The van der Waals surface area contributed by atoms with Crippen LogP contribution in [0.5, 0.6) is 0 Å². The first kappa shape index (κ1) is 20.4. The van der Waals surface area contributed by atoms with Crippen molar-refractivity contribution in [3.63, 3.8) is 0 Å². The lowest BCUT2D eigenvalue weighted by atomic mass is 10.0. The first-order valence-electron chi connectivity index (χ1n) is 9.52. The van der Waals surface area contributed by atoms with Crippen LogP contribution in [0.1, 0.15) is 44.7 Å². The number of pyridine rings is 1. The summed E-state index contributed by atoms with van der Waals surface area (Å²) in [5, 5.41) is 14.0. The number of carbonyl (C=O) groups is 1. The van der Waals surface area contributed by atoms with Crippen LogP contribution < -0.4 is 15.9 Å². The van der Waals surface area contributed by atoms with Gasteiger partial charge in [-0.1, -0.05) is 0 Å². The average molecular weight is 405 g/mol. The number of hydrogen-bond acceptors (Lipinski definition) is 6. The monoisotopic (exact) mass is 405 g/mol. The molecule has 0 spiro atoms. The Morgan fingerprint density at radius 2 is 2.07 bits per heavy atom. The summed E-state index contributed by atoms with van der Waals surface area (Å²) in [4.78, 5) is 16.1. The molecular formula is C19H28N5O3P. The molecule has 3 rings (SSSR count). The molecule has 8 nitrogen and oxygen atoms in total. The van der Waals surface area contributed by atoms with Crippen LogP contribution in [0.3, 0.4) is 0 Å². The van der Waals surface area contributed by atoms with Crippen LogP contribution in [-0.4, -0.2) is 46.8 Å². The van der Waals surface area contributed by atoms with E-state index in [1.807, 2.05) is 26.0 Å². The van der Waals surface area contributed by atoms with Crippen LogP contribution in [0.15, 0.2) is 24.4 Å². The minimum atomic E-state index is -2.31. The molecule has 2 aromatic rings. The van der Waals surface area contributed by atoms with Crippen LogP contribution >= 0.6 is 7.14 Å². The molecule has 0 radical (unpaired) electrons. The van der Waals surface area contributed by atoms with E-state index in [9.17, 15) is 9.36 Å². The Morgan fingerprint density at radius 3 is 2.71 bits per heavy atom. The van der Waals surface area contributed by atoms with Crippen LogP contribution in [-0.2, 0) is 9.30 Å². The van der Waals surface area contributed by atoms with Gasteiger partial charge in [-0.15, -0.1) is 0 Å². The lowest BCUT2D eigenvalue weighted by Gasteiger charge is -2.14. The number of anilines is 2. The Hall–Kier alpha value is -2.34. The maximum atomic E-state index is 12.1. The molecule has 0 aromatic carbocycles. The van der Waals surface area contributed by atoms with Crippen molar-refractivity contribution in [3.05, 3.63) is 30.1 Å². The third kappa shape index (κ3) is 5.35. The van der Waals surface area contributed by atoms with Gasteiger partial charge in [0, 0.05) is 35.2 Å².